The van der Waals surface area contributed by atoms with E-state index in [1.165, 1.54) is 12.8 Å². The second kappa shape index (κ2) is 5.86. The fourth-order valence-electron chi connectivity index (χ4n) is 2.48. The number of thiazole rings is 1. The minimum Gasteiger partial charge on any atom is -0.472 e. The van der Waals surface area contributed by atoms with Crippen molar-refractivity contribution in [3.63, 3.8) is 0 Å². The van der Waals surface area contributed by atoms with Crippen LogP contribution in [-0.4, -0.2) is 36.2 Å². The van der Waals surface area contributed by atoms with Gasteiger partial charge in [0.1, 0.15) is 11.3 Å². The van der Waals surface area contributed by atoms with Crippen LogP contribution >= 0.6 is 11.3 Å². The number of hydrogen-bond acceptors (Lipinski definition) is 5. The van der Waals surface area contributed by atoms with Crippen molar-refractivity contribution in [3.8, 4) is 10.6 Å². The third kappa shape index (κ3) is 3.05. The number of methoxy groups -OCH3 is 1. The Morgan fingerprint density at radius 2 is 2.53 bits per heavy atom. The van der Waals surface area contributed by atoms with Gasteiger partial charge in [0.15, 0.2) is 0 Å². The predicted molar refractivity (Wildman–Crippen MR) is 75.1 cm³/mol. The van der Waals surface area contributed by atoms with Crippen molar-refractivity contribution in [2.24, 2.45) is 0 Å². The maximum Gasteiger partial charge on any atom is 0.126 e. The Bertz CT molecular complexity index is 509. The van der Waals surface area contributed by atoms with E-state index in [4.69, 9.17) is 9.15 Å². The summed E-state index contributed by atoms with van der Waals surface area (Å²) in [6.07, 6.45) is 6.18. The number of likely N-dealkylation sites (tertiary alicyclic amines) is 1. The van der Waals surface area contributed by atoms with E-state index in [-0.39, 0.29) is 0 Å². The number of furan rings is 1. The summed E-state index contributed by atoms with van der Waals surface area (Å²) >= 11 is 1.67. The zero-order valence-electron chi connectivity index (χ0n) is 11.0. The summed E-state index contributed by atoms with van der Waals surface area (Å²) in [6.45, 7) is 3.06. The number of nitrogens with zero attached hydrogens (tertiary/aromatic N) is 2. The molecule has 1 aliphatic rings. The van der Waals surface area contributed by atoms with Crippen molar-refractivity contribution >= 4 is 11.3 Å². The first-order chi connectivity index (χ1) is 9.35. The minimum atomic E-state index is 0.376. The largest absolute Gasteiger partial charge is 0.472 e. The fraction of sp³-hybridized carbons (Fsp3) is 0.500. The van der Waals surface area contributed by atoms with Crippen LogP contribution in [0.5, 0.6) is 0 Å². The van der Waals surface area contributed by atoms with Crippen LogP contribution in [-0.2, 0) is 11.3 Å². The summed E-state index contributed by atoms with van der Waals surface area (Å²) in [5.41, 5.74) is 2.20. The maximum absolute atomic E-state index is 5.45. The van der Waals surface area contributed by atoms with Gasteiger partial charge in [0.25, 0.3) is 0 Å². The van der Waals surface area contributed by atoms with Gasteiger partial charge in [-0.3, -0.25) is 4.90 Å². The van der Waals surface area contributed by atoms with Gasteiger partial charge >= 0.3 is 0 Å². The van der Waals surface area contributed by atoms with Crippen LogP contribution in [0.15, 0.2) is 28.4 Å². The van der Waals surface area contributed by atoms with Crippen molar-refractivity contribution < 1.29 is 9.15 Å². The average Bonchev–Trinajstić information content (AvgIpc) is 3.09. The zero-order valence-corrected chi connectivity index (χ0v) is 11.9. The lowest BCUT2D eigenvalue weighted by molar-refractivity contribution is 0.0282. The molecule has 102 valence electrons. The molecule has 4 nitrogen and oxygen atoms in total. The Hall–Kier alpha value is -1.17. The van der Waals surface area contributed by atoms with E-state index in [2.05, 4.69) is 15.3 Å². The molecule has 0 saturated carbocycles. The van der Waals surface area contributed by atoms with E-state index in [9.17, 15) is 0 Å². The molecular formula is C14H18N2O2S. The molecule has 0 spiro atoms. The Morgan fingerprint density at radius 1 is 1.58 bits per heavy atom. The molecule has 0 unspecified atom stereocenters. The first-order valence-electron chi connectivity index (χ1n) is 6.57. The Labute approximate surface area is 117 Å². The molecular weight excluding hydrogens is 260 g/mol. The summed E-state index contributed by atoms with van der Waals surface area (Å²) in [7, 11) is 1.80. The van der Waals surface area contributed by atoms with Crippen molar-refractivity contribution in [1.29, 1.82) is 0 Å². The van der Waals surface area contributed by atoms with Crippen LogP contribution in [0.1, 0.15) is 18.5 Å². The zero-order chi connectivity index (χ0) is 13.1. The monoisotopic (exact) mass is 278 g/mol. The fourth-order valence-corrected chi connectivity index (χ4v) is 3.27. The van der Waals surface area contributed by atoms with Crippen LogP contribution in [0.4, 0.5) is 0 Å². The minimum absolute atomic E-state index is 0.376. The lowest BCUT2D eigenvalue weighted by Crippen LogP contribution is -2.38. The molecule has 19 heavy (non-hydrogen) atoms. The lowest BCUT2D eigenvalue weighted by Gasteiger charge is -2.31. The highest BCUT2D eigenvalue weighted by molar-refractivity contribution is 7.13. The number of hydrogen-bond donors (Lipinski definition) is 0. The normalized spacial score (nSPS) is 20.8. The van der Waals surface area contributed by atoms with Crippen molar-refractivity contribution in [2.75, 3.05) is 20.2 Å². The first-order valence-corrected chi connectivity index (χ1v) is 7.45. The summed E-state index contributed by atoms with van der Waals surface area (Å²) in [4.78, 5) is 7.10. The summed E-state index contributed by atoms with van der Waals surface area (Å²) < 4.78 is 10.5. The Kier molecular flexibility index (Phi) is 3.96. The molecule has 1 aliphatic heterocycles. The molecule has 1 saturated heterocycles. The van der Waals surface area contributed by atoms with Crippen LogP contribution < -0.4 is 0 Å². The van der Waals surface area contributed by atoms with E-state index in [0.717, 1.165) is 35.9 Å². The molecule has 0 aromatic carbocycles. The summed E-state index contributed by atoms with van der Waals surface area (Å²) in [6, 6.07) is 1.95. The molecule has 2 aromatic rings. The molecule has 0 N–H and O–H groups in total. The molecule has 1 atom stereocenters. The quantitative estimate of drug-likeness (QED) is 0.861. The van der Waals surface area contributed by atoms with Gasteiger partial charge in [0, 0.05) is 31.1 Å². The highest BCUT2D eigenvalue weighted by Crippen LogP contribution is 2.25. The van der Waals surface area contributed by atoms with E-state index >= 15 is 0 Å². The van der Waals surface area contributed by atoms with Gasteiger partial charge in [-0.05, 0) is 25.5 Å². The molecule has 3 rings (SSSR count). The van der Waals surface area contributed by atoms with Crippen molar-refractivity contribution in [3.05, 3.63) is 29.7 Å². The molecule has 0 amide bonds. The van der Waals surface area contributed by atoms with Gasteiger partial charge in [-0.1, -0.05) is 0 Å². The second-order valence-electron chi connectivity index (χ2n) is 4.89. The third-order valence-electron chi connectivity index (χ3n) is 3.50. The van der Waals surface area contributed by atoms with Gasteiger partial charge < -0.3 is 9.15 Å². The Morgan fingerprint density at radius 3 is 3.32 bits per heavy atom. The van der Waals surface area contributed by atoms with Crippen molar-refractivity contribution in [2.45, 2.75) is 25.5 Å². The van der Waals surface area contributed by atoms with Crippen LogP contribution in [0.2, 0.25) is 0 Å². The predicted octanol–water partition coefficient (Wildman–Crippen LogP) is 3.01. The van der Waals surface area contributed by atoms with Crippen molar-refractivity contribution in [1.82, 2.24) is 9.88 Å². The van der Waals surface area contributed by atoms with Gasteiger partial charge in [0.05, 0.1) is 18.1 Å². The van der Waals surface area contributed by atoms with Crippen LogP contribution in [0, 0.1) is 0 Å². The smallest absolute Gasteiger partial charge is 0.126 e. The second-order valence-corrected chi connectivity index (χ2v) is 5.75. The standard InChI is InChI=1S/C14H18N2O2S/c1-17-13-3-2-5-16(8-13)7-12-10-19-14(15-12)11-4-6-18-9-11/h4,6,9-10,13H,2-3,5,7-8H2,1H3/t13-/m1/s1. The molecule has 1 fully saturated rings. The molecule has 2 aromatic heterocycles. The molecule has 5 heteroatoms. The molecule has 3 heterocycles. The third-order valence-corrected chi connectivity index (χ3v) is 4.44. The topological polar surface area (TPSA) is 38.5 Å². The lowest BCUT2D eigenvalue weighted by atomic mass is 10.1. The average molecular weight is 278 g/mol. The van der Waals surface area contributed by atoms with Gasteiger partial charge in [-0.15, -0.1) is 11.3 Å². The van der Waals surface area contributed by atoms with Crippen LogP contribution in [0.25, 0.3) is 10.6 Å². The highest BCUT2D eigenvalue weighted by atomic mass is 32.1. The number of ether oxygens (including phenoxy) is 1. The number of aromatic nitrogens is 1. The van der Waals surface area contributed by atoms with Crippen LogP contribution in [0.3, 0.4) is 0 Å². The molecule has 0 bridgehead atoms. The highest BCUT2D eigenvalue weighted by Gasteiger charge is 2.20. The number of rotatable bonds is 4. The van der Waals surface area contributed by atoms with E-state index in [1.807, 2.05) is 6.07 Å². The van der Waals surface area contributed by atoms with Gasteiger partial charge in [-0.25, -0.2) is 4.98 Å². The van der Waals surface area contributed by atoms with E-state index in [1.54, 1.807) is 31.0 Å². The van der Waals surface area contributed by atoms with Gasteiger partial charge in [-0.2, -0.15) is 0 Å². The molecule has 0 radical (unpaired) electrons. The van der Waals surface area contributed by atoms with Gasteiger partial charge in [0.2, 0.25) is 0 Å². The Balaban J connectivity index is 1.64. The number of piperidine rings is 1. The summed E-state index contributed by atoms with van der Waals surface area (Å²) in [5, 5.41) is 3.17. The first kappa shape index (κ1) is 12.8. The van der Waals surface area contributed by atoms with E-state index in [0.29, 0.717) is 6.10 Å². The maximum atomic E-state index is 5.45. The van der Waals surface area contributed by atoms with E-state index < -0.39 is 0 Å². The molecule has 0 aliphatic carbocycles. The SMILES string of the molecule is CO[C@@H]1CCCN(Cc2csc(-c3ccoc3)n2)C1. The summed E-state index contributed by atoms with van der Waals surface area (Å²) in [5.74, 6) is 0.